The van der Waals surface area contributed by atoms with Crippen LogP contribution in [0.4, 0.5) is 5.69 Å². The van der Waals surface area contributed by atoms with Gasteiger partial charge in [-0.15, -0.1) is 24.0 Å². The Morgan fingerprint density at radius 3 is 3.05 bits per heavy atom. The highest BCUT2D eigenvalue weighted by Gasteiger charge is 2.43. The molecule has 3 atom stereocenters. The summed E-state index contributed by atoms with van der Waals surface area (Å²) in [6.07, 6.45) is 3.73. The quantitative estimate of drug-likeness (QED) is 0.449. The zero-order valence-electron chi connectivity index (χ0n) is 12.8. The van der Waals surface area contributed by atoms with E-state index in [0.29, 0.717) is 30.6 Å². The van der Waals surface area contributed by atoms with Gasteiger partial charge in [-0.2, -0.15) is 0 Å². The molecule has 3 unspecified atom stereocenters. The fourth-order valence-corrected chi connectivity index (χ4v) is 3.18. The lowest BCUT2D eigenvalue weighted by molar-refractivity contribution is -0.0937. The molecule has 1 aromatic rings. The summed E-state index contributed by atoms with van der Waals surface area (Å²) in [6, 6.07) is 8.28. The maximum absolute atomic E-state index is 6.06. The Bertz CT molecular complexity index is 524. The number of anilines is 1. The number of para-hydroxylation sites is 1. The molecule has 2 aliphatic rings. The maximum Gasteiger partial charge on any atom is 0.193 e. The lowest BCUT2D eigenvalue weighted by Crippen LogP contribution is -2.49. The molecule has 2 fully saturated rings. The van der Waals surface area contributed by atoms with Crippen LogP contribution in [0.1, 0.15) is 24.8 Å². The van der Waals surface area contributed by atoms with Crippen molar-refractivity contribution in [1.29, 1.82) is 0 Å². The third-order valence-corrected chi connectivity index (χ3v) is 4.34. The second-order valence-corrected chi connectivity index (χ2v) is 5.75. The monoisotopic (exact) mass is 417 g/mol. The first-order valence-electron chi connectivity index (χ1n) is 7.56. The van der Waals surface area contributed by atoms with Gasteiger partial charge >= 0.3 is 0 Å². The Morgan fingerprint density at radius 2 is 2.27 bits per heavy atom. The molecular weight excluding hydrogens is 393 g/mol. The zero-order valence-corrected chi connectivity index (χ0v) is 15.2. The second kappa shape index (κ2) is 8.12. The highest BCUT2D eigenvalue weighted by molar-refractivity contribution is 14.0. The SMILES string of the molecule is COCc1ccccc1NC(N)=NC1CC2OCCCC12.I. The van der Waals surface area contributed by atoms with Crippen molar-refractivity contribution in [2.24, 2.45) is 16.6 Å². The molecule has 5 nitrogen and oxygen atoms in total. The van der Waals surface area contributed by atoms with Crippen molar-refractivity contribution in [3.05, 3.63) is 29.8 Å². The van der Waals surface area contributed by atoms with Crippen molar-refractivity contribution in [2.75, 3.05) is 19.0 Å². The Kier molecular flexibility index (Phi) is 6.46. The van der Waals surface area contributed by atoms with Crippen molar-refractivity contribution < 1.29 is 9.47 Å². The number of benzene rings is 1. The summed E-state index contributed by atoms with van der Waals surface area (Å²) >= 11 is 0. The summed E-state index contributed by atoms with van der Waals surface area (Å²) in [5.74, 6) is 1.03. The van der Waals surface area contributed by atoms with Gasteiger partial charge in [0.25, 0.3) is 0 Å². The summed E-state index contributed by atoms with van der Waals surface area (Å²) in [7, 11) is 1.69. The van der Waals surface area contributed by atoms with Crippen molar-refractivity contribution >= 4 is 35.6 Å². The molecule has 3 rings (SSSR count). The molecule has 3 N–H and O–H groups in total. The summed E-state index contributed by atoms with van der Waals surface area (Å²) in [6.45, 7) is 1.45. The smallest absolute Gasteiger partial charge is 0.193 e. The standard InChI is InChI=1S/C16H23N3O2.HI/c1-20-10-11-5-2-3-7-13(11)18-16(17)19-14-9-15-12(14)6-4-8-21-15;/h2-3,5,7,12,14-15H,4,6,8-10H2,1H3,(H3,17,18,19);1H. The second-order valence-electron chi connectivity index (χ2n) is 5.75. The van der Waals surface area contributed by atoms with Crippen LogP contribution in [0, 0.1) is 5.92 Å². The van der Waals surface area contributed by atoms with Crippen LogP contribution in [0.2, 0.25) is 0 Å². The number of hydrogen-bond donors (Lipinski definition) is 2. The predicted octanol–water partition coefficient (Wildman–Crippen LogP) is 2.75. The number of fused-ring (bicyclic) bond motifs is 1. The molecule has 22 heavy (non-hydrogen) atoms. The van der Waals surface area contributed by atoms with Crippen LogP contribution in [-0.4, -0.2) is 31.8 Å². The highest BCUT2D eigenvalue weighted by atomic mass is 127. The Hall–Kier alpha value is -0.860. The molecule has 0 radical (unpaired) electrons. The fourth-order valence-electron chi connectivity index (χ4n) is 3.18. The van der Waals surface area contributed by atoms with Gasteiger partial charge in [0.15, 0.2) is 5.96 Å². The molecule has 1 aromatic carbocycles. The van der Waals surface area contributed by atoms with E-state index < -0.39 is 0 Å². The molecule has 122 valence electrons. The van der Waals surface area contributed by atoms with Crippen LogP contribution in [0.3, 0.4) is 0 Å². The molecule has 0 aromatic heterocycles. The Labute approximate surface area is 148 Å². The molecule has 0 amide bonds. The summed E-state index contributed by atoms with van der Waals surface area (Å²) < 4.78 is 10.9. The zero-order chi connectivity index (χ0) is 14.7. The summed E-state index contributed by atoms with van der Waals surface area (Å²) in [5.41, 5.74) is 8.09. The minimum Gasteiger partial charge on any atom is -0.380 e. The minimum atomic E-state index is 0. The molecule has 1 heterocycles. The number of nitrogens with one attached hydrogen (secondary N) is 1. The van der Waals surface area contributed by atoms with Gasteiger partial charge in [0, 0.05) is 30.9 Å². The molecule has 0 spiro atoms. The summed E-state index contributed by atoms with van der Waals surface area (Å²) in [4.78, 5) is 4.63. The third-order valence-electron chi connectivity index (χ3n) is 4.34. The highest BCUT2D eigenvalue weighted by Crippen LogP contribution is 2.39. The van der Waals surface area contributed by atoms with Crippen LogP contribution in [0.15, 0.2) is 29.3 Å². The molecule has 1 aliphatic carbocycles. The number of hydrogen-bond acceptors (Lipinski definition) is 3. The van der Waals surface area contributed by atoms with Crippen LogP contribution in [-0.2, 0) is 16.1 Å². The largest absolute Gasteiger partial charge is 0.380 e. The van der Waals surface area contributed by atoms with E-state index >= 15 is 0 Å². The number of rotatable bonds is 4. The van der Waals surface area contributed by atoms with Crippen molar-refractivity contribution in [3.63, 3.8) is 0 Å². The van der Waals surface area contributed by atoms with Gasteiger partial charge in [0.05, 0.1) is 18.8 Å². The molecule has 0 bridgehead atoms. The van der Waals surface area contributed by atoms with Crippen LogP contribution < -0.4 is 11.1 Å². The van der Waals surface area contributed by atoms with E-state index in [2.05, 4.69) is 10.3 Å². The van der Waals surface area contributed by atoms with Gasteiger partial charge < -0.3 is 20.5 Å². The fraction of sp³-hybridized carbons (Fsp3) is 0.562. The molecule has 6 heteroatoms. The van der Waals surface area contributed by atoms with Gasteiger partial charge in [0.2, 0.25) is 0 Å². The first-order valence-corrected chi connectivity index (χ1v) is 7.56. The predicted molar refractivity (Wildman–Crippen MR) is 98.7 cm³/mol. The first-order chi connectivity index (χ1) is 10.3. The van der Waals surface area contributed by atoms with E-state index in [9.17, 15) is 0 Å². The lowest BCUT2D eigenvalue weighted by Gasteiger charge is -2.45. The van der Waals surface area contributed by atoms with Crippen molar-refractivity contribution in [2.45, 2.75) is 38.0 Å². The van der Waals surface area contributed by atoms with E-state index in [1.807, 2.05) is 24.3 Å². The van der Waals surface area contributed by atoms with Gasteiger partial charge in [-0.25, -0.2) is 4.99 Å². The Morgan fingerprint density at radius 1 is 1.45 bits per heavy atom. The minimum absolute atomic E-state index is 0. The van der Waals surface area contributed by atoms with Gasteiger partial charge in [-0.3, -0.25) is 0 Å². The van der Waals surface area contributed by atoms with Gasteiger partial charge in [-0.05, 0) is 25.3 Å². The summed E-state index contributed by atoms with van der Waals surface area (Å²) in [5, 5.41) is 3.20. The average molecular weight is 417 g/mol. The van der Waals surface area contributed by atoms with E-state index in [1.165, 1.54) is 6.42 Å². The molecule has 1 saturated carbocycles. The number of methoxy groups -OCH3 is 1. The number of nitrogens with two attached hydrogens (primary N) is 1. The van der Waals surface area contributed by atoms with Crippen LogP contribution in [0.25, 0.3) is 0 Å². The number of halogens is 1. The van der Waals surface area contributed by atoms with E-state index in [4.69, 9.17) is 15.2 Å². The van der Waals surface area contributed by atoms with Crippen molar-refractivity contribution in [3.8, 4) is 0 Å². The van der Waals surface area contributed by atoms with E-state index in [0.717, 1.165) is 30.7 Å². The van der Waals surface area contributed by atoms with Crippen LogP contribution in [0.5, 0.6) is 0 Å². The van der Waals surface area contributed by atoms with Gasteiger partial charge in [-0.1, -0.05) is 18.2 Å². The number of ether oxygens (including phenoxy) is 2. The van der Waals surface area contributed by atoms with E-state index in [-0.39, 0.29) is 24.0 Å². The normalized spacial score (nSPS) is 27.3. The topological polar surface area (TPSA) is 68.9 Å². The molecule has 1 saturated heterocycles. The van der Waals surface area contributed by atoms with Crippen LogP contribution >= 0.6 is 24.0 Å². The molecule has 1 aliphatic heterocycles. The van der Waals surface area contributed by atoms with Crippen molar-refractivity contribution in [1.82, 2.24) is 0 Å². The Balaban J connectivity index is 0.00000176. The van der Waals surface area contributed by atoms with E-state index in [1.54, 1.807) is 7.11 Å². The third kappa shape index (κ3) is 3.91. The number of guanidine groups is 1. The average Bonchev–Trinajstić information content (AvgIpc) is 2.47. The maximum atomic E-state index is 6.06. The molecular formula is C16H24IN3O2. The number of nitrogens with zero attached hydrogens (tertiary/aromatic N) is 1. The first kappa shape index (κ1) is 17.5. The number of aliphatic imine (C=N–C) groups is 1. The lowest BCUT2D eigenvalue weighted by atomic mass is 9.73. The van der Waals surface area contributed by atoms with Gasteiger partial charge in [0.1, 0.15) is 0 Å².